The number of alkyl halides is 3. The number of halogens is 3. The molecule has 138 valence electrons. The Morgan fingerprint density at radius 3 is 2.40 bits per heavy atom. The number of hydrogen-bond donors (Lipinski definition) is 2. The number of benzene rings is 1. The van der Waals surface area contributed by atoms with Crippen LogP contribution in [0.3, 0.4) is 0 Å². The number of aromatic nitrogens is 2. The van der Waals surface area contributed by atoms with Gasteiger partial charge in [0.15, 0.2) is 0 Å². The van der Waals surface area contributed by atoms with Crippen LogP contribution in [0.5, 0.6) is 0 Å². The summed E-state index contributed by atoms with van der Waals surface area (Å²) in [5.41, 5.74) is -2.84. The van der Waals surface area contributed by atoms with Crippen LogP contribution in [0.4, 0.5) is 13.2 Å². The van der Waals surface area contributed by atoms with E-state index >= 15 is 0 Å². The highest BCUT2D eigenvalue weighted by Gasteiger charge is 2.37. The predicted octanol–water partition coefficient (Wildman–Crippen LogP) is 2.87. The van der Waals surface area contributed by atoms with Gasteiger partial charge in [-0.2, -0.15) is 17.8 Å². The number of aromatic amines is 1. The molecule has 0 fully saturated rings. The molecule has 6 nitrogen and oxygen atoms in total. The number of nitrogens with zero attached hydrogens (tertiary/aromatic N) is 1. The Morgan fingerprint density at radius 1 is 1.28 bits per heavy atom. The largest absolute Gasteiger partial charge is 0.416 e. The quantitative estimate of drug-likeness (QED) is 0.784. The van der Waals surface area contributed by atoms with Gasteiger partial charge in [-0.3, -0.25) is 9.63 Å². The van der Waals surface area contributed by atoms with E-state index in [4.69, 9.17) is 4.74 Å². The highest BCUT2D eigenvalue weighted by molar-refractivity contribution is 7.99. The maximum Gasteiger partial charge on any atom is 0.416 e. The van der Waals surface area contributed by atoms with Crippen LogP contribution < -0.4 is 16.1 Å². The first-order valence-corrected chi connectivity index (χ1v) is 8.56. The van der Waals surface area contributed by atoms with Crippen molar-refractivity contribution in [1.29, 1.82) is 0 Å². The fourth-order valence-electron chi connectivity index (χ4n) is 2.69. The van der Waals surface area contributed by atoms with E-state index in [1.54, 1.807) is 20.1 Å². The van der Waals surface area contributed by atoms with Crippen molar-refractivity contribution in [3.05, 3.63) is 44.1 Å². The molecule has 0 saturated carbocycles. The van der Waals surface area contributed by atoms with E-state index in [-0.39, 0.29) is 22.4 Å². The molecule has 0 saturated heterocycles. The van der Waals surface area contributed by atoms with Gasteiger partial charge in [0.1, 0.15) is 0 Å². The van der Waals surface area contributed by atoms with E-state index in [1.807, 2.05) is 0 Å². The van der Waals surface area contributed by atoms with Crippen LogP contribution in [0.15, 0.2) is 21.7 Å². The van der Waals surface area contributed by atoms with E-state index in [0.717, 1.165) is 24.1 Å². The molecule has 0 aliphatic rings. The molecular formula is C15H18F3N3O3S. The summed E-state index contributed by atoms with van der Waals surface area (Å²) in [7, 11) is 1.31. The fourth-order valence-corrected chi connectivity index (χ4v) is 3.04. The first kappa shape index (κ1) is 19.4. The molecule has 2 N–H and O–H groups in total. The van der Waals surface area contributed by atoms with Crippen molar-refractivity contribution in [2.75, 3.05) is 18.2 Å². The summed E-state index contributed by atoms with van der Waals surface area (Å²) >= 11 is 1.01. The summed E-state index contributed by atoms with van der Waals surface area (Å²) in [6.07, 6.45) is -3.90. The molecule has 1 unspecified atom stereocenters. The molecule has 1 aromatic carbocycles. The van der Waals surface area contributed by atoms with Gasteiger partial charge in [0.2, 0.25) is 0 Å². The van der Waals surface area contributed by atoms with Gasteiger partial charge in [0.05, 0.1) is 22.6 Å². The average Bonchev–Trinajstić information content (AvgIpc) is 2.50. The van der Waals surface area contributed by atoms with Crippen LogP contribution in [0.1, 0.15) is 31.1 Å². The summed E-state index contributed by atoms with van der Waals surface area (Å²) in [6.45, 7) is 3.44. The number of ether oxygens (including phenoxy) is 1. The first-order valence-electron chi connectivity index (χ1n) is 7.33. The lowest BCUT2D eigenvalue weighted by Crippen LogP contribution is -2.39. The average molecular weight is 377 g/mol. The lowest BCUT2D eigenvalue weighted by Gasteiger charge is -2.24. The Hall–Kier alpha value is -1.94. The third-order valence-corrected chi connectivity index (χ3v) is 4.09. The highest BCUT2D eigenvalue weighted by atomic mass is 32.2. The van der Waals surface area contributed by atoms with E-state index < -0.39 is 29.1 Å². The zero-order chi connectivity index (χ0) is 18.9. The normalized spacial score (nSPS) is 13.4. The molecule has 2 rings (SSSR count). The van der Waals surface area contributed by atoms with Crippen LogP contribution in [0.2, 0.25) is 0 Å². The van der Waals surface area contributed by atoms with E-state index in [9.17, 15) is 22.8 Å². The minimum absolute atomic E-state index is 0.0353. The molecule has 0 aliphatic heterocycles. The van der Waals surface area contributed by atoms with Crippen LogP contribution in [0, 0.1) is 5.92 Å². The van der Waals surface area contributed by atoms with Crippen molar-refractivity contribution in [3.63, 3.8) is 0 Å². The second kappa shape index (κ2) is 7.12. The maximum atomic E-state index is 13.5. The lowest BCUT2D eigenvalue weighted by molar-refractivity contribution is -0.139. The SMILES string of the molecule is COC(c1cc2c(=O)n(NSC)c(=O)[nH]c2cc1C(F)(F)F)C(C)C. The molecule has 25 heavy (non-hydrogen) atoms. The molecule has 1 aromatic heterocycles. The van der Waals surface area contributed by atoms with Gasteiger partial charge in [-0.15, -0.1) is 0 Å². The van der Waals surface area contributed by atoms with Crippen molar-refractivity contribution in [2.45, 2.75) is 26.1 Å². The van der Waals surface area contributed by atoms with E-state index in [1.165, 1.54) is 7.11 Å². The second-order valence-corrected chi connectivity index (χ2v) is 6.34. The van der Waals surface area contributed by atoms with E-state index in [0.29, 0.717) is 4.68 Å². The third-order valence-electron chi connectivity index (χ3n) is 3.72. The third kappa shape index (κ3) is 3.69. The number of nitrogens with one attached hydrogen (secondary N) is 2. The number of hydrogen-bond acceptors (Lipinski definition) is 5. The molecule has 2 aromatic rings. The van der Waals surface area contributed by atoms with Gasteiger partial charge in [-0.1, -0.05) is 13.8 Å². The summed E-state index contributed by atoms with van der Waals surface area (Å²) in [5.74, 6) is -0.252. The van der Waals surface area contributed by atoms with Gasteiger partial charge in [0.25, 0.3) is 5.56 Å². The van der Waals surface area contributed by atoms with Gasteiger partial charge in [-0.05, 0) is 35.6 Å². The van der Waals surface area contributed by atoms with Crippen molar-refractivity contribution >= 4 is 22.9 Å². The minimum atomic E-state index is -4.65. The summed E-state index contributed by atoms with van der Waals surface area (Å²) in [4.78, 5) is 29.2. The lowest BCUT2D eigenvalue weighted by atomic mass is 9.93. The molecular weight excluding hydrogens is 359 g/mol. The fraction of sp³-hybridized carbons (Fsp3) is 0.467. The van der Waals surface area contributed by atoms with Gasteiger partial charge < -0.3 is 9.72 Å². The van der Waals surface area contributed by atoms with Crippen molar-refractivity contribution in [1.82, 2.24) is 9.66 Å². The molecule has 0 spiro atoms. The Morgan fingerprint density at radius 2 is 1.92 bits per heavy atom. The van der Waals surface area contributed by atoms with Gasteiger partial charge in [0, 0.05) is 13.4 Å². The predicted molar refractivity (Wildman–Crippen MR) is 91.3 cm³/mol. The molecule has 1 heterocycles. The Kier molecular flexibility index (Phi) is 5.52. The minimum Gasteiger partial charge on any atom is -0.376 e. The van der Waals surface area contributed by atoms with Crippen LogP contribution in [-0.4, -0.2) is 23.0 Å². The Balaban J connectivity index is 2.90. The first-order chi connectivity index (χ1) is 11.6. The number of H-pyrrole nitrogens is 1. The second-order valence-electron chi connectivity index (χ2n) is 5.75. The molecule has 0 aliphatic carbocycles. The number of fused-ring (bicyclic) bond motifs is 1. The maximum absolute atomic E-state index is 13.5. The standard InChI is InChI=1S/C15H18F3N3O3S/c1-7(2)12(24-3)8-5-9-11(6-10(8)15(16,17)18)19-14(23)21(13(9)22)20-25-4/h5-7,12,20H,1-4H3,(H,19,23). The number of methoxy groups -OCH3 is 1. The molecule has 0 amide bonds. The van der Waals surface area contributed by atoms with Crippen LogP contribution in [-0.2, 0) is 10.9 Å². The molecule has 1 atom stereocenters. The van der Waals surface area contributed by atoms with Gasteiger partial charge in [-0.25, -0.2) is 4.79 Å². The van der Waals surface area contributed by atoms with Gasteiger partial charge >= 0.3 is 11.9 Å². The monoisotopic (exact) mass is 377 g/mol. The zero-order valence-electron chi connectivity index (χ0n) is 14.0. The highest BCUT2D eigenvalue weighted by Crippen LogP contribution is 2.39. The van der Waals surface area contributed by atoms with Crippen molar-refractivity contribution < 1.29 is 17.9 Å². The summed E-state index contributed by atoms with van der Waals surface area (Å²) in [5, 5.41) is -0.0353. The molecule has 0 radical (unpaired) electrons. The Labute approximate surface area is 145 Å². The van der Waals surface area contributed by atoms with E-state index in [2.05, 4.69) is 9.82 Å². The summed E-state index contributed by atoms with van der Waals surface area (Å²) < 4.78 is 46.4. The Bertz CT molecular complexity index is 890. The molecule has 10 heteroatoms. The van der Waals surface area contributed by atoms with Crippen molar-refractivity contribution in [3.8, 4) is 0 Å². The summed E-state index contributed by atoms with van der Waals surface area (Å²) in [6, 6.07) is 1.92. The smallest absolute Gasteiger partial charge is 0.376 e. The van der Waals surface area contributed by atoms with Crippen LogP contribution in [0.25, 0.3) is 10.9 Å². The van der Waals surface area contributed by atoms with Crippen LogP contribution >= 0.6 is 11.9 Å². The zero-order valence-corrected chi connectivity index (χ0v) is 14.8. The number of rotatable bonds is 5. The topological polar surface area (TPSA) is 76.1 Å². The molecule has 0 bridgehead atoms. The van der Waals surface area contributed by atoms with Crippen molar-refractivity contribution in [2.24, 2.45) is 5.92 Å².